The minimum absolute atomic E-state index is 0.0660. The summed E-state index contributed by atoms with van der Waals surface area (Å²) >= 11 is 0. The lowest BCUT2D eigenvalue weighted by atomic mass is 9.87. The van der Waals surface area contributed by atoms with Crippen molar-refractivity contribution in [2.45, 2.75) is 31.8 Å². The average Bonchev–Trinajstić information content (AvgIpc) is 2.03. The lowest BCUT2D eigenvalue weighted by Gasteiger charge is -2.23. The van der Waals surface area contributed by atoms with Crippen molar-refractivity contribution in [1.82, 2.24) is 0 Å². The Morgan fingerprint density at radius 3 is 2.82 bits per heavy atom. The van der Waals surface area contributed by atoms with Gasteiger partial charge in [0.15, 0.2) is 0 Å². The highest BCUT2D eigenvalue weighted by Gasteiger charge is 2.26. The predicted octanol–water partition coefficient (Wildman–Crippen LogP) is 0.710. The molecule has 0 spiro atoms. The molecule has 1 aliphatic carbocycles. The van der Waals surface area contributed by atoms with Crippen molar-refractivity contribution in [3.63, 3.8) is 0 Å². The number of hydrogen-bond acceptors (Lipinski definition) is 3. The Morgan fingerprint density at radius 2 is 2.27 bits per heavy atom. The number of carbonyl (C=O) groups excluding carboxylic acids is 1. The predicted molar refractivity (Wildman–Crippen MR) is 40.0 cm³/mol. The van der Waals surface area contributed by atoms with E-state index in [0.717, 1.165) is 19.3 Å². The number of hydrogen-bond donors (Lipinski definition) is 1. The van der Waals surface area contributed by atoms with E-state index in [1.54, 1.807) is 0 Å². The summed E-state index contributed by atoms with van der Waals surface area (Å²) in [6.45, 7) is 0. The zero-order valence-corrected chi connectivity index (χ0v) is 6.75. The summed E-state index contributed by atoms with van der Waals surface area (Å²) in [5, 5.41) is 9.22. The summed E-state index contributed by atoms with van der Waals surface area (Å²) in [6, 6.07) is 0. The van der Waals surface area contributed by atoms with Crippen LogP contribution in [0.5, 0.6) is 0 Å². The van der Waals surface area contributed by atoms with E-state index in [0.29, 0.717) is 6.42 Å². The molecule has 0 heterocycles. The first-order chi connectivity index (χ1) is 5.24. The fraction of sp³-hybridized carbons (Fsp3) is 0.875. The van der Waals surface area contributed by atoms with E-state index in [-0.39, 0.29) is 18.0 Å². The molecule has 1 aliphatic rings. The zero-order chi connectivity index (χ0) is 8.27. The van der Waals surface area contributed by atoms with Gasteiger partial charge in [-0.15, -0.1) is 0 Å². The van der Waals surface area contributed by atoms with E-state index in [1.807, 2.05) is 0 Å². The molecule has 1 saturated carbocycles. The molecule has 1 unspecified atom stereocenters. The summed E-state index contributed by atoms with van der Waals surface area (Å²) in [5.74, 6) is -0.243. The number of aliphatic hydroxyl groups excluding tert-OH is 1. The molecule has 0 aromatic heterocycles. The standard InChI is InChI=1S/C8H14O3/c1-11-8(10)6-3-2-4-7(9)5-6/h6-7,9H,2-5H2,1H3/t6?,7-/m0/s1. The minimum Gasteiger partial charge on any atom is -0.469 e. The second-order valence-electron chi connectivity index (χ2n) is 3.04. The molecule has 0 saturated heterocycles. The van der Waals surface area contributed by atoms with Crippen molar-refractivity contribution >= 4 is 5.97 Å². The van der Waals surface area contributed by atoms with Crippen LogP contribution in [0.25, 0.3) is 0 Å². The molecule has 0 aromatic carbocycles. The van der Waals surface area contributed by atoms with Crippen LogP contribution in [0.4, 0.5) is 0 Å². The molecule has 0 aliphatic heterocycles. The first kappa shape index (κ1) is 8.53. The van der Waals surface area contributed by atoms with Crippen LogP contribution in [-0.2, 0) is 9.53 Å². The Balaban J connectivity index is 2.39. The lowest BCUT2D eigenvalue weighted by molar-refractivity contribution is -0.147. The van der Waals surface area contributed by atoms with E-state index < -0.39 is 0 Å². The smallest absolute Gasteiger partial charge is 0.308 e. The van der Waals surface area contributed by atoms with Gasteiger partial charge in [-0.3, -0.25) is 4.79 Å². The van der Waals surface area contributed by atoms with Gasteiger partial charge in [-0.2, -0.15) is 0 Å². The Bertz CT molecular complexity index is 144. The van der Waals surface area contributed by atoms with Crippen molar-refractivity contribution in [1.29, 1.82) is 0 Å². The van der Waals surface area contributed by atoms with Gasteiger partial charge in [0, 0.05) is 0 Å². The molecule has 0 bridgehead atoms. The SMILES string of the molecule is COC(=O)C1CCC[C@H](O)C1. The summed E-state index contributed by atoms with van der Waals surface area (Å²) < 4.78 is 4.59. The van der Waals surface area contributed by atoms with Gasteiger partial charge in [-0.25, -0.2) is 0 Å². The number of rotatable bonds is 1. The van der Waals surface area contributed by atoms with Crippen molar-refractivity contribution in [3.05, 3.63) is 0 Å². The van der Waals surface area contributed by atoms with Gasteiger partial charge in [-0.1, -0.05) is 6.42 Å². The van der Waals surface area contributed by atoms with Crippen LogP contribution in [0.1, 0.15) is 25.7 Å². The fourth-order valence-electron chi connectivity index (χ4n) is 1.54. The minimum atomic E-state index is -0.298. The molecule has 0 amide bonds. The molecular weight excluding hydrogens is 144 g/mol. The maximum absolute atomic E-state index is 11.0. The molecule has 0 aromatic rings. The largest absolute Gasteiger partial charge is 0.469 e. The van der Waals surface area contributed by atoms with Crippen LogP contribution < -0.4 is 0 Å². The molecule has 0 radical (unpaired) electrons. The highest BCUT2D eigenvalue weighted by Crippen LogP contribution is 2.24. The van der Waals surface area contributed by atoms with Crippen molar-refractivity contribution < 1.29 is 14.6 Å². The molecule has 2 atom stereocenters. The molecular formula is C8H14O3. The third-order valence-corrected chi connectivity index (χ3v) is 2.18. The van der Waals surface area contributed by atoms with Crippen molar-refractivity contribution in [2.75, 3.05) is 7.11 Å². The summed E-state index contributed by atoms with van der Waals surface area (Å²) in [7, 11) is 1.39. The quantitative estimate of drug-likeness (QED) is 0.572. The molecule has 11 heavy (non-hydrogen) atoms. The van der Waals surface area contributed by atoms with E-state index in [4.69, 9.17) is 0 Å². The van der Waals surface area contributed by atoms with Gasteiger partial charge in [-0.05, 0) is 19.3 Å². The maximum Gasteiger partial charge on any atom is 0.308 e. The highest BCUT2D eigenvalue weighted by molar-refractivity contribution is 5.72. The summed E-state index contributed by atoms with van der Waals surface area (Å²) in [5.41, 5.74) is 0. The highest BCUT2D eigenvalue weighted by atomic mass is 16.5. The first-order valence-corrected chi connectivity index (χ1v) is 4.00. The summed E-state index contributed by atoms with van der Waals surface area (Å²) in [6.07, 6.45) is 2.90. The van der Waals surface area contributed by atoms with Gasteiger partial charge in [0.05, 0.1) is 19.1 Å². The maximum atomic E-state index is 11.0. The molecule has 3 nitrogen and oxygen atoms in total. The number of carbonyl (C=O) groups is 1. The number of ether oxygens (including phenoxy) is 1. The number of methoxy groups -OCH3 is 1. The number of esters is 1. The van der Waals surface area contributed by atoms with Crippen LogP contribution in [0, 0.1) is 5.92 Å². The van der Waals surface area contributed by atoms with E-state index in [9.17, 15) is 9.90 Å². The monoisotopic (exact) mass is 158 g/mol. The third kappa shape index (κ3) is 2.19. The van der Waals surface area contributed by atoms with Gasteiger partial charge in [0.25, 0.3) is 0 Å². The molecule has 1 N–H and O–H groups in total. The van der Waals surface area contributed by atoms with Crippen LogP contribution in [0.3, 0.4) is 0 Å². The Morgan fingerprint density at radius 1 is 1.55 bits per heavy atom. The van der Waals surface area contributed by atoms with E-state index >= 15 is 0 Å². The Kier molecular flexibility index (Phi) is 2.88. The second kappa shape index (κ2) is 3.72. The second-order valence-corrected chi connectivity index (χ2v) is 3.04. The van der Waals surface area contributed by atoms with Crippen LogP contribution >= 0.6 is 0 Å². The van der Waals surface area contributed by atoms with Crippen molar-refractivity contribution in [3.8, 4) is 0 Å². The Hall–Kier alpha value is -0.570. The molecule has 64 valence electrons. The first-order valence-electron chi connectivity index (χ1n) is 4.00. The zero-order valence-electron chi connectivity index (χ0n) is 6.75. The van der Waals surface area contributed by atoms with Gasteiger partial charge < -0.3 is 9.84 Å². The fourth-order valence-corrected chi connectivity index (χ4v) is 1.54. The number of aliphatic hydroxyl groups is 1. The normalized spacial score (nSPS) is 31.5. The Labute approximate surface area is 66.4 Å². The molecule has 3 heteroatoms. The summed E-state index contributed by atoms with van der Waals surface area (Å²) in [4.78, 5) is 11.0. The van der Waals surface area contributed by atoms with Crippen LogP contribution in [-0.4, -0.2) is 24.3 Å². The lowest BCUT2D eigenvalue weighted by Crippen LogP contribution is -2.26. The van der Waals surface area contributed by atoms with Gasteiger partial charge in [0.1, 0.15) is 0 Å². The van der Waals surface area contributed by atoms with E-state index in [2.05, 4.69) is 4.74 Å². The van der Waals surface area contributed by atoms with Gasteiger partial charge >= 0.3 is 5.97 Å². The molecule has 1 rings (SSSR count). The van der Waals surface area contributed by atoms with Crippen LogP contribution in [0.2, 0.25) is 0 Å². The van der Waals surface area contributed by atoms with E-state index in [1.165, 1.54) is 7.11 Å². The van der Waals surface area contributed by atoms with Crippen molar-refractivity contribution in [2.24, 2.45) is 5.92 Å². The van der Waals surface area contributed by atoms with Gasteiger partial charge in [0.2, 0.25) is 0 Å². The average molecular weight is 158 g/mol. The molecule has 1 fully saturated rings. The van der Waals surface area contributed by atoms with Crippen LogP contribution in [0.15, 0.2) is 0 Å². The topological polar surface area (TPSA) is 46.5 Å². The third-order valence-electron chi connectivity index (χ3n) is 2.18.